The predicted octanol–water partition coefficient (Wildman–Crippen LogP) is 6.63. The third-order valence-electron chi connectivity index (χ3n) is 10.3. The number of nitrogens with one attached hydrogen (secondary N) is 1. The number of aliphatic hydroxyl groups is 1. The highest BCUT2D eigenvalue weighted by Crippen LogP contribution is 2.46. The van der Waals surface area contributed by atoms with Crippen molar-refractivity contribution in [2.24, 2.45) is 11.7 Å². The molecule has 3 aromatic rings. The summed E-state index contributed by atoms with van der Waals surface area (Å²) in [6, 6.07) is 24.2. The second-order valence-corrected chi connectivity index (χ2v) is 13.3. The predicted molar refractivity (Wildman–Crippen MR) is 183 cm³/mol. The van der Waals surface area contributed by atoms with E-state index in [9.17, 15) is 19.8 Å². The zero-order chi connectivity index (χ0) is 32.7. The minimum atomic E-state index is -1.34. The molecular weight excluding hydrogens is 600 g/mol. The number of likely N-dealkylation sites (tertiary alicyclic amines) is 2. The summed E-state index contributed by atoms with van der Waals surface area (Å²) in [5, 5.41) is 25.0. The van der Waals surface area contributed by atoms with Gasteiger partial charge in [-0.3, -0.25) is 0 Å². The Balaban J connectivity index is 1.40. The first-order chi connectivity index (χ1) is 22.2. The fraction of sp³-hybridized carbons (Fsp3) is 0.459. The molecule has 8 nitrogen and oxygen atoms in total. The van der Waals surface area contributed by atoms with Crippen LogP contribution >= 0.6 is 11.6 Å². The Morgan fingerprint density at radius 3 is 2.46 bits per heavy atom. The summed E-state index contributed by atoms with van der Waals surface area (Å²) in [5.41, 5.74) is 9.67. The van der Waals surface area contributed by atoms with Crippen LogP contribution in [0, 0.1) is 5.92 Å². The van der Waals surface area contributed by atoms with E-state index in [-0.39, 0.29) is 23.9 Å². The molecule has 246 valence electrons. The SMILES string of the molecule is CCc1cccc(-c2c(Cl)cccc2C(O)(CCCNC(=O)O)C2CCCN(C(=O)N3CCC(CN)(c4ccccc4)CC3)C2)c1. The van der Waals surface area contributed by atoms with Crippen LogP contribution in [0.15, 0.2) is 72.8 Å². The van der Waals surface area contributed by atoms with Gasteiger partial charge in [0.25, 0.3) is 0 Å². The number of rotatable bonds is 10. The largest absolute Gasteiger partial charge is 0.465 e. The van der Waals surface area contributed by atoms with Crippen LogP contribution in [0.4, 0.5) is 9.59 Å². The van der Waals surface area contributed by atoms with E-state index in [4.69, 9.17) is 17.3 Å². The Morgan fingerprint density at radius 2 is 1.76 bits per heavy atom. The van der Waals surface area contributed by atoms with Gasteiger partial charge in [-0.05, 0) is 73.3 Å². The van der Waals surface area contributed by atoms with Gasteiger partial charge in [0.05, 0.1) is 5.60 Å². The van der Waals surface area contributed by atoms with Gasteiger partial charge in [-0.15, -0.1) is 0 Å². The summed E-state index contributed by atoms with van der Waals surface area (Å²) in [7, 11) is 0. The number of aryl methyl sites for hydroxylation is 1. The third kappa shape index (κ3) is 7.19. The molecule has 2 atom stereocenters. The van der Waals surface area contributed by atoms with Crippen molar-refractivity contribution in [1.29, 1.82) is 0 Å². The van der Waals surface area contributed by atoms with Crippen molar-refractivity contribution in [1.82, 2.24) is 15.1 Å². The molecule has 0 spiro atoms. The Kier molecular flexibility index (Phi) is 10.9. The molecule has 0 aromatic heterocycles. The molecule has 2 unspecified atom stereocenters. The lowest BCUT2D eigenvalue weighted by atomic mass is 9.72. The highest BCUT2D eigenvalue weighted by Gasteiger charge is 2.44. The Morgan fingerprint density at radius 1 is 1.02 bits per heavy atom. The fourth-order valence-electron chi connectivity index (χ4n) is 7.51. The Labute approximate surface area is 277 Å². The lowest BCUT2D eigenvalue weighted by Crippen LogP contribution is -2.55. The number of carboxylic acid groups (broad SMARTS) is 1. The van der Waals surface area contributed by atoms with Crippen LogP contribution < -0.4 is 11.1 Å². The van der Waals surface area contributed by atoms with Crippen molar-refractivity contribution in [2.45, 2.75) is 62.9 Å². The van der Waals surface area contributed by atoms with Gasteiger partial charge in [0.1, 0.15) is 0 Å². The molecule has 2 fully saturated rings. The molecule has 5 rings (SSSR count). The van der Waals surface area contributed by atoms with Crippen molar-refractivity contribution >= 4 is 23.7 Å². The number of hydrogen-bond donors (Lipinski definition) is 4. The lowest BCUT2D eigenvalue weighted by Gasteiger charge is -2.46. The number of benzene rings is 3. The third-order valence-corrected chi connectivity index (χ3v) is 10.6. The molecule has 2 aliphatic heterocycles. The molecule has 2 heterocycles. The van der Waals surface area contributed by atoms with Crippen LogP contribution in [-0.4, -0.2) is 71.4 Å². The van der Waals surface area contributed by atoms with Crippen molar-refractivity contribution < 1.29 is 19.8 Å². The summed E-state index contributed by atoms with van der Waals surface area (Å²) < 4.78 is 0. The van der Waals surface area contributed by atoms with E-state index in [1.807, 2.05) is 58.3 Å². The smallest absolute Gasteiger partial charge is 0.404 e. The summed E-state index contributed by atoms with van der Waals surface area (Å²) in [4.78, 5) is 29.0. The van der Waals surface area contributed by atoms with Gasteiger partial charge in [0.15, 0.2) is 0 Å². The van der Waals surface area contributed by atoms with E-state index < -0.39 is 11.7 Å². The second kappa shape index (κ2) is 14.9. The number of amides is 3. The number of nitrogens with zero attached hydrogens (tertiary/aromatic N) is 2. The quantitative estimate of drug-likeness (QED) is 0.184. The van der Waals surface area contributed by atoms with Crippen LogP contribution in [0.5, 0.6) is 0 Å². The zero-order valence-electron chi connectivity index (χ0n) is 26.8. The van der Waals surface area contributed by atoms with Crippen LogP contribution in [0.1, 0.15) is 62.1 Å². The van der Waals surface area contributed by atoms with E-state index in [0.29, 0.717) is 50.6 Å². The molecule has 3 amide bonds. The number of piperidine rings is 2. The summed E-state index contributed by atoms with van der Waals surface area (Å²) in [5.74, 6) is -0.265. The first kappa shape index (κ1) is 33.8. The van der Waals surface area contributed by atoms with Gasteiger partial charge < -0.3 is 31.1 Å². The first-order valence-corrected chi connectivity index (χ1v) is 17.0. The molecule has 3 aromatic carbocycles. The molecule has 46 heavy (non-hydrogen) atoms. The van der Waals surface area contributed by atoms with E-state index in [2.05, 4.69) is 36.5 Å². The highest BCUT2D eigenvalue weighted by atomic mass is 35.5. The Hall–Kier alpha value is -3.59. The van der Waals surface area contributed by atoms with E-state index in [1.165, 1.54) is 11.1 Å². The van der Waals surface area contributed by atoms with E-state index in [1.54, 1.807) is 0 Å². The average Bonchev–Trinajstić information content (AvgIpc) is 3.10. The molecule has 2 saturated heterocycles. The van der Waals surface area contributed by atoms with Gasteiger partial charge in [-0.2, -0.15) is 0 Å². The topological polar surface area (TPSA) is 119 Å². The van der Waals surface area contributed by atoms with Crippen LogP contribution in [0.2, 0.25) is 5.02 Å². The van der Waals surface area contributed by atoms with Gasteiger partial charge in [-0.1, -0.05) is 85.3 Å². The van der Waals surface area contributed by atoms with Crippen molar-refractivity contribution in [2.75, 3.05) is 39.3 Å². The zero-order valence-corrected chi connectivity index (χ0v) is 27.5. The van der Waals surface area contributed by atoms with Gasteiger partial charge in [0, 0.05) is 61.2 Å². The fourth-order valence-corrected chi connectivity index (χ4v) is 7.79. The van der Waals surface area contributed by atoms with Crippen molar-refractivity contribution in [3.05, 3.63) is 94.5 Å². The molecular formula is C37H47ClN4O4. The molecule has 5 N–H and O–H groups in total. The van der Waals surface area contributed by atoms with Crippen LogP contribution in [0.25, 0.3) is 11.1 Å². The first-order valence-electron chi connectivity index (χ1n) is 16.6. The van der Waals surface area contributed by atoms with Crippen LogP contribution in [-0.2, 0) is 17.4 Å². The maximum Gasteiger partial charge on any atom is 0.404 e. The summed E-state index contributed by atoms with van der Waals surface area (Å²) >= 11 is 6.89. The van der Waals surface area contributed by atoms with Gasteiger partial charge in [-0.25, -0.2) is 9.59 Å². The molecule has 0 saturated carbocycles. The highest BCUT2D eigenvalue weighted by molar-refractivity contribution is 6.33. The van der Waals surface area contributed by atoms with Crippen molar-refractivity contribution in [3.63, 3.8) is 0 Å². The second-order valence-electron chi connectivity index (χ2n) is 12.9. The Bertz CT molecular complexity index is 1490. The summed E-state index contributed by atoms with van der Waals surface area (Å²) in [6.45, 7) is 5.15. The normalized spacial score (nSPS) is 19.3. The molecule has 0 bridgehead atoms. The monoisotopic (exact) mass is 646 g/mol. The molecule has 9 heteroatoms. The minimum Gasteiger partial charge on any atom is -0.465 e. The van der Waals surface area contributed by atoms with Crippen molar-refractivity contribution in [3.8, 4) is 11.1 Å². The number of hydrogen-bond acceptors (Lipinski definition) is 4. The number of halogens is 1. The number of urea groups is 1. The maximum atomic E-state index is 14.0. The van der Waals surface area contributed by atoms with E-state index >= 15 is 0 Å². The number of carbonyl (C=O) groups excluding carboxylic acids is 1. The molecule has 0 radical (unpaired) electrons. The van der Waals surface area contributed by atoms with Gasteiger partial charge >= 0.3 is 12.1 Å². The lowest BCUT2D eigenvalue weighted by molar-refractivity contribution is -0.0565. The maximum absolute atomic E-state index is 14.0. The number of nitrogens with two attached hydrogens (primary N) is 1. The standard InChI is InChI=1S/C37H47ClN4O4/c1-2-27-10-6-11-28(24-27)33-31(15-7-16-32(33)38)37(46,17-9-20-40-34(43)44)30-14-8-21-42(25-30)35(45)41-22-18-36(26-39,19-23-41)29-12-4-3-5-13-29/h3-7,10-13,15-16,24,30,40,46H,2,8-9,14,17-23,25-26,39H2,1H3,(H,43,44). The average molecular weight is 647 g/mol. The minimum absolute atomic E-state index is 0.000224. The summed E-state index contributed by atoms with van der Waals surface area (Å²) in [6.07, 6.45) is 3.63. The van der Waals surface area contributed by atoms with Gasteiger partial charge in [0.2, 0.25) is 0 Å². The van der Waals surface area contributed by atoms with E-state index in [0.717, 1.165) is 48.8 Å². The molecule has 0 aliphatic carbocycles. The number of carbonyl (C=O) groups is 2. The molecule has 2 aliphatic rings. The van der Waals surface area contributed by atoms with Crippen LogP contribution in [0.3, 0.4) is 0 Å².